The molecular formula is C47H58BBr2ClCs2F3N2NaO11. The van der Waals surface area contributed by atoms with Gasteiger partial charge in [0.2, 0.25) is 11.6 Å². The van der Waals surface area contributed by atoms with Crippen LogP contribution in [0.3, 0.4) is 0 Å². The summed E-state index contributed by atoms with van der Waals surface area (Å²) in [6.45, 7) is 17.6. The minimum absolute atomic E-state index is 0. The molecule has 1 aliphatic rings. The molecule has 23 heteroatoms. The van der Waals surface area contributed by atoms with Crippen LogP contribution >= 0.6 is 43.5 Å². The van der Waals surface area contributed by atoms with Crippen LogP contribution in [0.1, 0.15) is 93.4 Å². The first kappa shape index (κ1) is 72.5. The number of methoxy groups -OCH3 is 2. The Kier molecular flexibility index (Phi) is 35.5. The summed E-state index contributed by atoms with van der Waals surface area (Å²) in [5, 5.41) is 13.6. The minimum Gasteiger partial charge on any atom is -1.00 e. The van der Waals surface area contributed by atoms with Crippen LogP contribution in [0.15, 0.2) is 100 Å². The Bertz CT molecular complexity index is 2320. The SMILES string of the molecule is CC(C)(C)OC(=O)NCc1ccc(B2OC(C)(C)C(C)(C)O2)cc1.COC(=O)C(C)(C)c1cccc(Br)c1.COc1ncc(CCl)c2ccccc12.FC(F)(F)c1ccc(CBr)o1.O=CO[O-].[Cs+].[Cs+].[H-].[H-].[Na+]. The number of aromatic nitrogens is 1. The number of furan rings is 1. The number of rotatable bonds is 9. The summed E-state index contributed by atoms with van der Waals surface area (Å²) in [6.07, 6.45) is -3.04. The molecule has 0 aliphatic carbocycles. The van der Waals surface area contributed by atoms with Gasteiger partial charge < -0.3 is 46.3 Å². The van der Waals surface area contributed by atoms with Crippen LogP contribution < -0.4 is 188 Å². The Balaban J connectivity index is -0.000000423. The van der Waals surface area contributed by atoms with Crippen molar-refractivity contribution in [1.82, 2.24) is 10.3 Å². The van der Waals surface area contributed by atoms with Crippen molar-refractivity contribution >= 4 is 85.3 Å². The number of fused-ring (bicyclic) bond motifs is 1. The molecule has 1 saturated heterocycles. The van der Waals surface area contributed by atoms with Gasteiger partial charge in [0.25, 0.3) is 6.47 Å². The van der Waals surface area contributed by atoms with Crippen molar-refractivity contribution in [3.05, 3.63) is 124 Å². The molecule has 2 aromatic heterocycles. The second-order valence-electron chi connectivity index (χ2n) is 16.9. The zero-order valence-electron chi connectivity index (χ0n) is 44.1. The van der Waals surface area contributed by atoms with Crippen LogP contribution in [0.5, 0.6) is 5.88 Å². The molecule has 70 heavy (non-hydrogen) atoms. The van der Waals surface area contributed by atoms with E-state index in [0.717, 1.165) is 43.5 Å². The van der Waals surface area contributed by atoms with Gasteiger partial charge in [0.05, 0.1) is 36.2 Å². The van der Waals surface area contributed by atoms with Crippen molar-refractivity contribution in [2.45, 2.75) is 108 Å². The molecular weight excluding hydrogens is 1320 g/mol. The molecule has 6 rings (SSSR count). The maximum atomic E-state index is 11.8. The van der Waals surface area contributed by atoms with Gasteiger partial charge in [0.15, 0.2) is 0 Å². The molecule has 0 atom stereocenters. The van der Waals surface area contributed by atoms with Gasteiger partial charge in [-0.15, -0.1) is 11.6 Å². The van der Waals surface area contributed by atoms with Crippen molar-refractivity contribution in [1.29, 1.82) is 0 Å². The second-order valence-corrected chi connectivity index (χ2v) is 18.6. The number of alkyl halides is 5. The van der Waals surface area contributed by atoms with Crippen molar-refractivity contribution in [2.24, 2.45) is 0 Å². The summed E-state index contributed by atoms with van der Waals surface area (Å²) in [6, 6.07) is 25.7. The topological polar surface area (TPSA) is 168 Å². The fourth-order valence-electron chi connectivity index (χ4n) is 5.61. The predicted octanol–water partition coefficient (Wildman–Crippen LogP) is 1.76. The van der Waals surface area contributed by atoms with E-state index in [1.54, 1.807) is 13.3 Å². The smallest absolute Gasteiger partial charge is 1.00 e. The van der Waals surface area contributed by atoms with Crippen molar-refractivity contribution in [3.8, 4) is 5.88 Å². The zero-order valence-corrected chi connectivity index (χ0v) is 60.6. The van der Waals surface area contributed by atoms with Crippen LogP contribution in [0, 0.1) is 0 Å². The number of nitrogens with one attached hydrogen (secondary N) is 1. The summed E-state index contributed by atoms with van der Waals surface area (Å²) in [7, 11) is 2.65. The summed E-state index contributed by atoms with van der Waals surface area (Å²) >= 11 is 12.2. The van der Waals surface area contributed by atoms with E-state index in [1.165, 1.54) is 13.2 Å². The summed E-state index contributed by atoms with van der Waals surface area (Å²) in [5.41, 5.74) is 2.13. The number of amides is 1. The molecule has 0 spiro atoms. The molecule has 370 valence electrons. The van der Waals surface area contributed by atoms with Crippen LogP contribution in [0.2, 0.25) is 0 Å². The van der Waals surface area contributed by atoms with E-state index in [-0.39, 0.29) is 207 Å². The summed E-state index contributed by atoms with van der Waals surface area (Å²) in [4.78, 5) is 38.6. The van der Waals surface area contributed by atoms with Crippen LogP contribution in [-0.2, 0) is 62.6 Å². The molecule has 1 amide bonds. The number of hydrogen-bond donors (Lipinski definition) is 1. The van der Waals surface area contributed by atoms with Crippen molar-refractivity contribution in [2.75, 3.05) is 14.2 Å². The number of nitrogens with zero attached hydrogens (tertiary/aromatic N) is 1. The van der Waals surface area contributed by atoms with Crippen LogP contribution in [0.25, 0.3) is 10.8 Å². The Morgan fingerprint density at radius 1 is 0.900 bits per heavy atom. The third-order valence-corrected chi connectivity index (χ3v) is 11.2. The molecule has 0 bridgehead atoms. The molecule has 13 nitrogen and oxygen atoms in total. The third-order valence-electron chi connectivity index (χ3n) is 9.87. The number of carbonyl (C=O) groups excluding carboxylic acids is 3. The average Bonchev–Trinajstić information content (AvgIpc) is 3.86. The zero-order chi connectivity index (χ0) is 50.8. The first-order chi connectivity index (χ1) is 31.2. The Morgan fingerprint density at radius 3 is 1.89 bits per heavy atom. The molecule has 3 heterocycles. The molecule has 1 fully saturated rings. The fourth-order valence-corrected chi connectivity index (χ4v) is 6.52. The number of halogens is 6. The number of alkyl carbamates (subject to hydrolysis) is 1. The molecule has 1 N–H and O–H groups in total. The monoisotopic (exact) mass is 1380 g/mol. The fraction of sp³-hybridized carbons (Fsp3) is 0.404. The largest absolute Gasteiger partial charge is 1.00 e. The van der Waals surface area contributed by atoms with Crippen molar-refractivity contribution < 1.29 is 236 Å². The van der Waals surface area contributed by atoms with E-state index in [4.69, 9.17) is 45.2 Å². The van der Waals surface area contributed by atoms with Gasteiger partial charge in [-0.2, -0.15) is 13.2 Å². The van der Waals surface area contributed by atoms with Gasteiger partial charge in [-0.1, -0.05) is 86.5 Å². The Morgan fingerprint density at radius 2 is 1.46 bits per heavy atom. The molecule has 1 aliphatic heterocycles. The van der Waals surface area contributed by atoms with Crippen LogP contribution in [-0.4, -0.2) is 61.7 Å². The molecule has 5 aromatic rings. The van der Waals surface area contributed by atoms with Gasteiger partial charge in [0, 0.05) is 28.5 Å². The quantitative estimate of drug-likeness (QED) is 0.0569. The van der Waals surface area contributed by atoms with E-state index in [2.05, 4.69) is 51.5 Å². The van der Waals surface area contributed by atoms with E-state index in [1.807, 2.05) is 135 Å². The molecule has 3 aromatic carbocycles. The van der Waals surface area contributed by atoms with E-state index in [9.17, 15) is 22.8 Å². The van der Waals surface area contributed by atoms with E-state index >= 15 is 0 Å². The number of ether oxygens (including phenoxy) is 3. The Labute approximate surface area is 573 Å². The standard InChI is InChI=1S/C18H28BNO4.C11H13BrO2.C11H10ClNO.C6H4BrF3O.CH2O3.2Cs.Na.2H/c1-16(2,3)22-15(21)20-12-13-8-10-14(11-9-13)19-23-17(4,5)18(6,7)24-19;1-11(2,10(13)14-3)8-5-4-6-9(12)7-8;1-14-11-10-5-3-2-4-9(10)8(6-12)7-13-11;7-3-4-1-2-5(11-4)6(8,9)10;2-1-4-3;;;;;/h8-11H,12H2,1-7H3,(H,20,21);4-7H,1-3H3;2-5,7H,6H2,1H3;1-2H,3H2;1,3H;;;;;/q;;;;;3*+1;2*-1/p-1. The maximum Gasteiger partial charge on any atom is 1.00 e. The minimum atomic E-state index is -4.37. The van der Waals surface area contributed by atoms with Gasteiger partial charge in [-0.05, 0) is 120 Å². The first-order valence-corrected chi connectivity index (χ1v) is 22.8. The van der Waals surface area contributed by atoms with E-state index in [0.29, 0.717) is 23.6 Å². The second kappa shape index (κ2) is 34.3. The van der Waals surface area contributed by atoms with Gasteiger partial charge in [-0.3, -0.25) is 9.59 Å². The van der Waals surface area contributed by atoms with Gasteiger partial charge in [0.1, 0.15) is 11.4 Å². The average molecular weight is 1380 g/mol. The third kappa shape index (κ3) is 24.2. The van der Waals surface area contributed by atoms with Gasteiger partial charge >= 0.3 is 193 Å². The number of esters is 1. The van der Waals surface area contributed by atoms with Crippen molar-refractivity contribution in [3.63, 3.8) is 0 Å². The Hall–Kier alpha value is 0.449. The summed E-state index contributed by atoms with van der Waals surface area (Å²) < 4.78 is 68.1. The number of benzene rings is 3. The molecule has 0 radical (unpaired) electrons. The molecule has 0 unspecified atom stereocenters. The number of hydrogen-bond acceptors (Lipinski definition) is 12. The van der Waals surface area contributed by atoms with Gasteiger partial charge in [-0.25, -0.2) is 9.78 Å². The first-order valence-electron chi connectivity index (χ1n) is 20.4. The number of carbonyl (C=O) groups is 3. The number of pyridine rings is 1. The normalized spacial score (nSPS) is 13.1. The van der Waals surface area contributed by atoms with Crippen LogP contribution in [0.4, 0.5) is 18.0 Å². The van der Waals surface area contributed by atoms with E-state index < -0.39 is 29.0 Å². The molecule has 0 saturated carbocycles. The maximum absolute atomic E-state index is 11.8. The summed E-state index contributed by atoms with van der Waals surface area (Å²) in [5.74, 6) is 0.215. The predicted molar refractivity (Wildman–Crippen MR) is 258 cm³/mol.